The molecular formula is C17H34NO2. The molecule has 0 aromatic rings. The van der Waals surface area contributed by atoms with E-state index in [4.69, 9.17) is 9.47 Å². The molecule has 1 atom stereocenters. The average Bonchev–Trinajstić information content (AvgIpc) is 2.50. The Morgan fingerprint density at radius 1 is 1.10 bits per heavy atom. The fourth-order valence-corrected chi connectivity index (χ4v) is 2.72. The van der Waals surface area contributed by atoms with Gasteiger partial charge in [-0.15, -0.1) is 0 Å². The van der Waals surface area contributed by atoms with Gasteiger partial charge < -0.3 is 14.8 Å². The lowest BCUT2D eigenvalue weighted by Gasteiger charge is -2.23. The molecule has 3 heteroatoms. The van der Waals surface area contributed by atoms with E-state index in [-0.39, 0.29) is 0 Å². The third kappa shape index (κ3) is 8.93. The Morgan fingerprint density at radius 2 is 1.90 bits per heavy atom. The Hall–Kier alpha value is -0.120. The summed E-state index contributed by atoms with van der Waals surface area (Å²) in [5.41, 5.74) is 0. The summed E-state index contributed by atoms with van der Waals surface area (Å²) in [6, 6.07) is 0.371. The highest BCUT2D eigenvalue weighted by Gasteiger charge is 2.13. The topological polar surface area (TPSA) is 30.5 Å². The van der Waals surface area contributed by atoms with Crippen molar-refractivity contribution in [3.05, 3.63) is 6.42 Å². The van der Waals surface area contributed by atoms with Crippen molar-refractivity contribution in [1.29, 1.82) is 0 Å². The summed E-state index contributed by atoms with van der Waals surface area (Å²) in [7, 11) is 0. The molecule has 0 bridgehead atoms. The minimum Gasteiger partial charge on any atom is -0.354 e. The molecule has 1 saturated heterocycles. The Labute approximate surface area is 125 Å². The van der Waals surface area contributed by atoms with Gasteiger partial charge >= 0.3 is 0 Å². The second-order valence-corrected chi connectivity index (χ2v) is 5.95. The second kappa shape index (κ2) is 12.6. The molecule has 1 unspecified atom stereocenters. The van der Waals surface area contributed by atoms with Gasteiger partial charge in [-0.1, -0.05) is 58.8 Å². The molecule has 3 nitrogen and oxygen atoms in total. The van der Waals surface area contributed by atoms with E-state index in [0.29, 0.717) is 12.8 Å². The van der Waals surface area contributed by atoms with Crippen LogP contribution in [0.1, 0.15) is 65.2 Å². The molecule has 119 valence electrons. The summed E-state index contributed by atoms with van der Waals surface area (Å²) in [4.78, 5) is 0. The Balaban J connectivity index is 1.92. The highest BCUT2D eigenvalue weighted by molar-refractivity contribution is 4.75. The quantitative estimate of drug-likeness (QED) is 0.551. The Kier molecular flexibility index (Phi) is 11.3. The van der Waals surface area contributed by atoms with Gasteiger partial charge in [0.1, 0.15) is 6.79 Å². The SMILES string of the molecule is CCCCCCC(CC)CC[CH]CNC1COCOC1. The van der Waals surface area contributed by atoms with Crippen molar-refractivity contribution >= 4 is 0 Å². The van der Waals surface area contributed by atoms with E-state index in [2.05, 4.69) is 25.6 Å². The van der Waals surface area contributed by atoms with Crippen LogP contribution in [-0.4, -0.2) is 32.6 Å². The van der Waals surface area contributed by atoms with Gasteiger partial charge in [0.05, 0.1) is 19.3 Å². The third-order valence-electron chi connectivity index (χ3n) is 4.18. The van der Waals surface area contributed by atoms with Crippen LogP contribution in [0.4, 0.5) is 0 Å². The minimum absolute atomic E-state index is 0.371. The first-order valence-corrected chi connectivity index (χ1v) is 8.57. The van der Waals surface area contributed by atoms with E-state index in [0.717, 1.165) is 25.7 Å². The number of hydrogen-bond donors (Lipinski definition) is 1. The summed E-state index contributed by atoms with van der Waals surface area (Å²) in [6.07, 6.45) is 13.3. The molecule has 20 heavy (non-hydrogen) atoms. The molecule has 0 aliphatic carbocycles. The Bertz CT molecular complexity index is 205. The van der Waals surface area contributed by atoms with Gasteiger partial charge in [0.2, 0.25) is 0 Å². The van der Waals surface area contributed by atoms with Crippen LogP contribution in [0.3, 0.4) is 0 Å². The summed E-state index contributed by atoms with van der Waals surface area (Å²) >= 11 is 0. The van der Waals surface area contributed by atoms with E-state index < -0.39 is 0 Å². The van der Waals surface area contributed by atoms with Gasteiger partial charge in [0, 0.05) is 0 Å². The zero-order valence-electron chi connectivity index (χ0n) is 13.5. The van der Waals surface area contributed by atoms with Crippen LogP contribution in [0, 0.1) is 12.3 Å². The number of hydrogen-bond acceptors (Lipinski definition) is 3. The molecule has 1 fully saturated rings. The molecule has 1 N–H and O–H groups in total. The zero-order chi connectivity index (χ0) is 14.5. The third-order valence-corrected chi connectivity index (χ3v) is 4.18. The number of ether oxygens (including phenoxy) is 2. The van der Waals surface area contributed by atoms with Gasteiger partial charge in [0.25, 0.3) is 0 Å². The lowest BCUT2D eigenvalue weighted by molar-refractivity contribution is -0.112. The molecule has 0 saturated carbocycles. The average molecular weight is 284 g/mol. The molecule has 1 aliphatic heterocycles. The first kappa shape index (κ1) is 17.9. The smallest absolute Gasteiger partial charge is 0.146 e. The van der Waals surface area contributed by atoms with Crippen molar-refractivity contribution in [3.63, 3.8) is 0 Å². The predicted molar refractivity (Wildman–Crippen MR) is 84.6 cm³/mol. The maximum Gasteiger partial charge on any atom is 0.146 e. The van der Waals surface area contributed by atoms with Crippen molar-refractivity contribution in [2.75, 3.05) is 26.6 Å². The molecule has 0 amide bonds. The van der Waals surface area contributed by atoms with Crippen LogP contribution in [0.2, 0.25) is 0 Å². The van der Waals surface area contributed by atoms with E-state index in [1.807, 2.05) is 0 Å². The fraction of sp³-hybridized carbons (Fsp3) is 0.941. The fourth-order valence-electron chi connectivity index (χ4n) is 2.72. The number of rotatable bonds is 12. The van der Waals surface area contributed by atoms with Crippen molar-refractivity contribution in [3.8, 4) is 0 Å². The van der Waals surface area contributed by atoms with Gasteiger partial charge in [-0.05, 0) is 25.3 Å². The number of unbranched alkanes of at least 4 members (excludes halogenated alkanes) is 4. The van der Waals surface area contributed by atoms with Crippen molar-refractivity contribution < 1.29 is 9.47 Å². The van der Waals surface area contributed by atoms with E-state index >= 15 is 0 Å². The van der Waals surface area contributed by atoms with Gasteiger partial charge in [-0.2, -0.15) is 0 Å². The van der Waals surface area contributed by atoms with E-state index in [1.165, 1.54) is 51.4 Å². The van der Waals surface area contributed by atoms with Crippen LogP contribution in [0.25, 0.3) is 0 Å². The highest BCUT2D eigenvalue weighted by Crippen LogP contribution is 2.19. The first-order valence-electron chi connectivity index (χ1n) is 8.57. The molecule has 1 aliphatic rings. The van der Waals surface area contributed by atoms with Crippen molar-refractivity contribution in [2.24, 2.45) is 5.92 Å². The predicted octanol–water partition coefficient (Wildman–Crippen LogP) is 3.93. The van der Waals surface area contributed by atoms with Crippen molar-refractivity contribution in [2.45, 2.75) is 71.3 Å². The summed E-state index contributed by atoms with van der Waals surface area (Å²) in [5.74, 6) is 0.921. The lowest BCUT2D eigenvalue weighted by Crippen LogP contribution is -2.41. The van der Waals surface area contributed by atoms with Crippen LogP contribution >= 0.6 is 0 Å². The van der Waals surface area contributed by atoms with Gasteiger partial charge in [0.15, 0.2) is 0 Å². The van der Waals surface area contributed by atoms with Crippen LogP contribution < -0.4 is 5.32 Å². The summed E-state index contributed by atoms with van der Waals surface area (Å²) in [5, 5.41) is 3.47. The van der Waals surface area contributed by atoms with Gasteiger partial charge in [-0.25, -0.2) is 0 Å². The normalized spacial score (nSPS) is 18.3. The molecule has 0 aromatic heterocycles. The Morgan fingerprint density at radius 3 is 2.60 bits per heavy atom. The first-order chi connectivity index (χ1) is 9.86. The highest BCUT2D eigenvalue weighted by atomic mass is 16.7. The monoisotopic (exact) mass is 284 g/mol. The molecule has 1 heterocycles. The number of nitrogens with one attached hydrogen (secondary N) is 1. The van der Waals surface area contributed by atoms with Crippen LogP contribution in [0.5, 0.6) is 0 Å². The van der Waals surface area contributed by atoms with Crippen molar-refractivity contribution in [1.82, 2.24) is 5.32 Å². The second-order valence-electron chi connectivity index (χ2n) is 5.95. The molecule has 1 rings (SSSR count). The summed E-state index contributed by atoms with van der Waals surface area (Å²) in [6.45, 7) is 7.61. The molecule has 1 radical (unpaired) electrons. The standard InChI is InChI=1S/C17H34NO2/c1-3-5-6-7-10-16(4-2)11-8-9-12-18-17-13-19-15-20-14-17/h9,16-18H,3-8,10-15H2,1-2H3. The van der Waals surface area contributed by atoms with Crippen LogP contribution in [-0.2, 0) is 9.47 Å². The van der Waals surface area contributed by atoms with E-state index in [1.54, 1.807) is 0 Å². The largest absolute Gasteiger partial charge is 0.354 e. The lowest BCUT2D eigenvalue weighted by atomic mass is 9.93. The van der Waals surface area contributed by atoms with Gasteiger partial charge in [-0.3, -0.25) is 0 Å². The molecule has 0 aromatic carbocycles. The molecule has 0 spiro atoms. The summed E-state index contributed by atoms with van der Waals surface area (Å²) < 4.78 is 10.5. The zero-order valence-corrected chi connectivity index (χ0v) is 13.5. The minimum atomic E-state index is 0.371. The van der Waals surface area contributed by atoms with E-state index in [9.17, 15) is 0 Å². The van der Waals surface area contributed by atoms with Crippen LogP contribution in [0.15, 0.2) is 0 Å². The molecular weight excluding hydrogens is 250 g/mol. The maximum atomic E-state index is 5.26. The maximum absolute atomic E-state index is 5.26.